The minimum atomic E-state index is -1.40. The predicted molar refractivity (Wildman–Crippen MR) is 41.7 cm³/mol. The first-order valence-electron chi connectivity index (χ1n) is 3.31. The summed E-state index contributed by atoms with van der Waals surface area (Å²) in [5.74, 6) is -1.96. The number of amides is 1. The molecule has 13 heavy (non-hydrogen) atoms. The van der Waals surface area contributed by atoms with Crippen molar-refractivity contribution in [3.63, 3.8) is 0 Å². The van der Waals surface area contributed by atoms with E-state index in [1.54, 1.807) is 13.8 Å². The third-order valence-corrected chi connectivity index (χ3v) is 1.14. The van der Waals surface area contributed by atoms with Crippen molar-refractivity contribution in [2.45, 2.75) is 13.8 Å². The second-order valence-corrected chi connectivity index (χ2v) is 2.36. The first kappa shape index (κ1) is 14.9. The van der Waals surface area contributed by atoms with E-state index in [1.807, 2.05) is 0 Å². The Morgan fingerprint density at radius 3 is 2.08 bits per heavy atom. The Bertz CT molecular complexity index is 254. The molecule has 0 aliphatic heterocycles. The van der Waals surface area contributed by atoms with Gasteiger partial charge in [-0.15, -0.1) is 0 Å². The smallest absolute Gasteiger partial charge is 0.543 e. The minimum absolute atomic E-state index is 0. The van der Waals surface area contributed by atoms with Crippen LogP contribution in [-0.2, 0) is 9.59 Å². The molecule has 0 saturated heterocycles. The monoisotopic (exact) mass is 191 g/mol. The number of carbonyl (C=O) groups is 2. The number of carboxylic acids is 1. The topological polar surface area (TPSA) is 69.2 Å². The summed E-state index contributed by atoms with van der Waals surface area (Å²) < 4.78 is 0. The average Bonchev–Trinajstić information content (AvgIpc) is 1.98. The molecule has 66 valence electrons. The van der Waals surface area contributed by atoms with E-state index in [0.29, 0.717) is 5.57 Å². The molecule has 0 radical (unpaired) electrons. The van der Waals surface area contributed by atoms with Crippen molar-refractivity contribution in [2.24, 2.45) is 0 Å². The first-order chi connectivity index (χ1) is 5.49. The number of rotatable bonds is 3. The van der Waals surface area contributed by atoms with Crippen LogP contribution in [0.1, 0.15) is 13.8 Å². The number of allylic oxidation sites excluding steroid dienone is 1. The number of hydrogen-bond acceptors (Lipinski definition) is 3. The molecular weight excluding hydrogens is 181 g/mol. The van der Waals surface area contributed by atoms with Gasteiger partial charge < -0.3 is 15.2 Å². The molecule has 0 spiro atoms. The summed E-state index contributed by atoms with van der Waals surface area (Å²) in [5.41, 5.74) is 0.269. The summed E-state index contributed by atoms with van der Waals surface area (Å²) in [6, 6.07) is 0. The van der Waals surface area contributed by atoms with Crippen LogP contribution in [0, 0.1) is 0 Å². The molecule has 0 aromatic heterocycles. The number of hydrogen-bond donors (Lipinski definition) is 1. The van der Waals surface area contributed by atoms with Gasteiger partial charge in [-0.2, -0.15) is 0 Å². The largest absolute Gasteiger partial charge is 1.00 e. The molecule has 5 heteroatoms. The van der Waals surface area contributed by atoms with Crippen LogP contribution in [-0.4, -0.2) is 11.9 Å². The van der Waals surface area contributed by atoms with Crippen molar-refractivity contribution in [3.05, 3.63) is 23.9 Å². The number of nitrogens with one attached hydrogen (secondary N) is 1. The van der Waals surface area contributed by atoms with E-state index in [1.165, 1.54) is 0 Å². The molecule has 1 amide bonds. The van der Waals surface area contributed by atoms with Crippen LogP contribution >= 0.6 is 0 Å². The molecule has 0 atom stereocenters. The van der Waals surface area contributed by atoms with Crippen molar-refractivity contribution >= 4 is 11.9 Å². The van der Waals surface area contributed by atoms with Crippen LogP contribution in [0.15, 0.2) is 23.9 Å². The molecule has 0 aliphatic rings. The van der Waals surface area contributed by atoms with Crippen molar-refractivity contribution < 1.29 is 44.3 Å². The molecule has 0 unspecified atom stereocenters. The Kier molecular flexibility index (Phi) is 7.90. The first-order valence-corrected chi connectivity index (χ1v) is 3.31. The molecule has 0 aliphatic carbocycles. The summed E-state index contributed by atoms with van der Waals surface area (Å²) in [7, 11) is 0. The van der Waals surface area contributed by atoms with Crippen molar-refractivity contribution in [2.75, 3.05) is 0 Å². The second kappa shape index (κ2) is 6.88. The number of carbonyl (C=O) groups excluding carboxylic acids is 2. The Balaban J connectivity index is 0. The Hall–Kier alpha value is -0.580. The molecule has 4 nitrogen and oxygen atoms in total. The van der Waals surface area contributed by atoms with Crippen LogP contribution < -0.4 is 40.0 Å². The summed E-state index contributed by atoms with van der Waals surface area (Å²) >= 11 is 0. The van der Waals surface area contributed by atoms with E-state index in [4.69, 9.17) is 0 Å². The van der Waals surface area contributed by atoms with Gasteiger partial charge in [0.15, 0.2) is 0 Å². The zero-order chi connectivity index (χ0) is 9.72. The zero-order valence-corrected chi connectivity index (χ0v) is 10.0. The molecule has 0 fully saturated rings. The van der Waals surface area contributed by atoms with Gasteiger partial charge in [0.1, 0.15) is 0 Å². The molecule has 0 saturated carbocycles. The maximum atomic E-state index is 10.7. The van der Waals surface area contributed by atoms with Crippen LogP contribution in [0.3, 0.4) is 0 Å². The van der Waals surface area contributed by atoms with Gasteiger partial charge in [-0.1, -0.05) is 12.2 Å². The Morgan fingerprint density at radius 2 is 1.85 bits per heavy atom. The third-order valence-electron chi connectivity index (χ3n) is 1.14. The fourth-order valence-electron chi connectivity index (χ4n) is 0.554. The van der Waals surface area contributed by atoms with E-state index in [0.717, 1.165) is 6.08 Å². The van der Waals surface area contributed by atoms with Crippen LogP contribution in [0.5, 0.6) is 0 Å². The van der Waals surface area contributed by atoms with Crippen LogP contribution in [0.2, 0.25) is 0 Å². The molecule has 0 bridgehead atoms. The standard InChI is InChI=1S/C8H11NO3.Na/c1-4-6(10)9-7(5(2)3)8(11)12;/h4H,1H2,2-3H3,(H,9,10)(H,11,12);/q;+1/p-1. The average molecular weight is 191 g/mol. The second-order valence-electron chi connectivity index (χ2n) is 2.36. The maximum Gasteiger partial charge on any atom is 1.00 e. The van der Waals surface area contributed by atoms with E-state index in [-0.39, 0.29) is 35.3 Å². The SMILES string of the molecule is C=CC(=O)NC(C(=O)[O-])=C(C)C.[Na+]. The molecule has 0 heterocycles. The van der Waals surface area contributed by atoms with Gasteiger partial charge >= 0.3 is 29.6 Å². The van der Waals surface area contributed by atoms with Crippen molar-refractivity contribution in [1.29, 1.82) is 0 Å². The number of aliphatic carboxylic acids is 1. The molecule has 0 aromatic rings. The normalized spacial score (nSPS) is 7.85. The predicted octanol–water partition coefficient (Wildman–Crippen LogP) is -3.66. The van der Waals surface area contributed by atoms with Gasteiger partial charge in [0, 0.05) is 0 Å². The van der Waals surface area contributed by atoms with Gasteiger partial charge in [-0.3, -0.25) is 4.79 Å². The van der Waals surface area contributed by atoms with Crippen LogP contribution in [0.4, 0.5) is 0 Å². The van der Waals surface area contributed by atoms with E-state index >= 15 is 0 Å². The molecule has 0 rings (SSSR count). The summed E-state index contributed by atoms with van der Waals surface area (Å²) in [4.78, 5) is 21.1. The Morgan fingerprint density at radius 1 is 1.38 bits per heavy atom. The quantitative estimate of drug-likeness (QED) is 0.369. The van der Waals surface area contributed by atoms with Gasteiger partial charge in [0.25, 0.3) is 0 Å². The van der Waals surface area contributed by atoms with Gasteiger partial charge in [-0.05, 0) is 19.9 Å². The molecule has 1 N–H and O–H groups in total. The minimum Gasteiger partial charge on any atom is -0.543 e. The fraction of sp³-hybridized carbons (Fsp3) is 0.250. The third kappa shape index (κ3) is 5.63. The van der Waals surface area contributed by atoms with Crippen molar-refractivity contribution in [3.8, 4) is 0 Å². The molecular formula is C8H10NNaO3. The van der Waals surface area contributed by atoms with E-state index < -0.39 is 11.9 Å². The van der Waals surface area contributed by atoms with Gasteiger partial charge in [0.2, 0.25) is 5.91 Å². The zero-order valence-electron chi connectivity index (χ0n) is 8.01. The van der Waals surface area contributed by atoms with E-state index in [9.17, 15) is 14.7 Å². The van der Waals surface area contributed by atoms with Crippen molar-refractivity contribution in [1.82, 2.24) is 5.32 Å². The number of carboxylic acid groups (broad SMARTS) is 1. The van der Waals surface area contributed by atoms with Gasteiger partial charge in [-0.25, -0.2) is 0 Å². The fourth-order valence-corrected chi connectivity index (χ4v) is 0.554. The Labute approximate surface area is 99.0 Å². The van der Waals surface area contributed by atoms with Gasteiger partial charge in [0.05, 0.1) is 11.7 Å². The summed E-state index contributed by atoms with van der Waals surface area (Å²) in [6.07, 6.45) is 0.992. The molecule has 0 aromatic carbocycles. The summed E-state index contributed by atoms with van der Waals surface area (Å²) in [6.45, 7) is 6.31. The van der Waals surface area contributed by atoms with Crippen LogP contribution in [0.25, 0.3) is 0 Å². The summed E-state index contributed by atoms with van der Waals surface area (Å²) in [5, 5.41) is 12.5. The van der Waals surface area contributed by atoms with E-state index in [2.05, 4.69) is 11.9 Å². The maximum absolute atomic E-state index is 10.7.